The van der Waals surface area contributed by atoms with Crippen LogP contribution in [0.3, 0.4) is 0 Å². The van der Waals surface area contributed by atoms with E-state index in [1.165, 1.54) is 5.56 Å². The summed E-state index contributed by atoms with van der Waals surface area (Å²) in [4.78, 5) is 6.82. The summed E-state index contributed by atoms with van der Waals surface area (Å²) in [5.74, 6) is 2.60. The van der Waals surface area contributed by atoms with Crippen molar-refractivity contribution >= 4 is 41.3 Å². The van der Waals surface area contributed by atoms with Crippen molar-refractivity contribution in [3.8, 4) is 17.2 Å². The van der Waals surface area contributed by atoms with E-state index in [2.05, 4.69) is 51.2 Å². The first kappa shape index (κ1) is 27.3. The van der Waals surface area contributed by atoms with E-state index >= 15 is 0 Å². The average molecular weight is 563 g/mol. The molecule has 0 aliphatic rings. The molecule has 1 aromatic carbocycles. The highest BCUT2D eigenvalue weighted by atomic mass is 127. The Balaban J connectivity index is 0.00000480. The van der Waals surface area contributed by atoms with Gasteiger partial charge in [-0.15, -0.1) is 24.0 Å². The first-order chi connectivity index (χ1) is 14.6. The van der Waals surface area contributed by atoms with Gasteiger partial charge < -0.3 is 24.8 Å². The van der Waals surface area contributed by atoms with Gasteiger partial charge in [0.1, 0.15) is 0 Å². The third-order valence-corrected chi connectivity index (χ3v) is 5.75. The minimum atomic E-state index is 0. The first-order valence-electron chi connectivity index (χ1n) is 10.1. The van der Waals surface area contributed by atoms with Gasteiger partial charge in [0.2, 0.25) is 5.75 Å². The SMILES string of the molecule is CCN(CC)C(CNC(=NC)NCc1cc(OC)c(OC)c(OC)c1)c1ccsc1.I. The Bertz CT molecular complexity index is 773. The van der Waals surface area contributed by atoms with Gasteiger partial charge in [-0.3, -0.25) is 9.89 Å². The molecule has 0 aliphatic heterocycles. The van der Waals surface area contributed by atoms with Crippen LogP contribution < -0.4 is 24.8 Å². The number of rotatable bonds is 11. The number of hydrogen-bond donors (Lipinski definition) is 2. The number of benzene rings is 1. The number of methoxy groups -OCH3 is 3. The predicted octanol–water partition coefficient (Wildman–Crippen LogP) is 4.14. The second-order valence-electron chi connectivity index (χ2n) is 6.63. The number of thiophene rings is 1. The fraction of sp³-hybridized carbons (Fsp3) is 0.500. The van der Waals surface area contributed by atoms with Crippen molar-refractivity contribution in [1.29, 1.82) is 0 Å². The summed E-state index contributed by atoms with van der Waals surface area (Å²) in [7, 11) is 6.62. The standard InChI is InChI=1S/C22H34N4O3S.HI/c1-7-26(8-2)18(17-9-10-30-15-17)14-25-22(23-3)24-13-16-11-19(27-4)21(29-6)20(12-16)28-5;/h9-12,15,18H,7-8,13-14H2,1-6H3,(H2,23,24,25);1H. The van der Waals surface area contributed by atoms with Gasteiger partial charge in [-0.1, -0.05) is 13.8 Å². The molecule has 9 heteroatoms. The van der Waals surface area contributed by atoms with Gasteiger partial charge in [0.15, 0.2) is 17.5 Å². The summed E-state index contributed by atoms with van der Waals surface area (Å²) < 4.78 is 16.3. The van der Waals surface area contributed by atoms with Gasteiger partial charge in [0, 0.05) is 20.1 Å². The van der Waals surface area contributed by atoms with E-state index in [1.807, 2.05) is 12.1 Å². The van der Waals surface area contributed by atoms with E-state index in [-0.39, 0.29) is 24.0 Å². The molecule has 1 atom stereocenters. The molecule has 1 unspecified atom stereocenters. The Labute approximate surface area is 207 Å². The van der Waals surface area contributed by atoms with E-state index in [1.54, 1.807) is 39.7 Å². The van der Waals surface area contributed by atoms with Crippen LogP contribution in [0, 0.1) is 0 Å². The molecule has 0 spiro atoms. The fourth-order valence-electron chi connectivity index (χ4n) is 3.42. The van der Waals surface area contributed by atoms with E-state index in [0.717, 1.165) is 31.2 Å². The van der Waals surface area contributed by atoms with Gasteiger partial charge in [0.05, 0.1) is 27.4 Å². The quantitative estimate of drug-likeness (QED) is 0.244. The van der Waals surface area contributed by atoms with Crippen LogP contribution >= 0.6 is 35.3 Å². The zero-order chi connectivity index (χ0) is 21.9. The Morgan fingerprint density at radius 2 is 1.71 bits per heavy atom. The summed E-state index contributed by atoms with van der Waals surface area (Å²) >= 11 is 1.73. The Kier molecular flexibility index (Phi) is 12.7. The van der Waals surface area contributed by atoms with Crippen LogP contribution in [-0.2, 0) is 6.54 Å². The van der Waals surface area contributed by atoms with Gasteiger partial charge in [-0.2, -0.15) is 11.3 Å². The molecule has 1 aromatic heterocycles. The van der Waals surface area contributed by atoms with Crippen molar-refractivity contribution in [2.75, 3.05) is 48.0 Å². The summed E-state index contributed by atoms with van der Waals surface area (Å²) in [5, 5.41) is 11.2. The molecule has 174 valence electrons. The molecule has 7 nitrogen and oxygen atoms in total. The lowest BCUT2D eigenvalue weighted by molar-refractivity contribution is 0.219. The predicted molar refractivity (Wildman–Crippen MR) is 140 cm³/mol. The molecule has 0 amide bonds. The van der Waals surface area contributed by atoms with Crippen molar-refractivity contribution in [2.45, 2.75) is 26.4 Å². The molecule has 0 radical (unpaired) electrons. The maximum Gasteiger partial charge on any atom is 0.203 e. The van der Waals surface area contributed by atoms with Crippen molar-refractivity contribution < 1.29 is 14.2 Å². The third-order valence-electron chi connectivity index (χ3n) is 5.05. The number of ether oxygens (including phenoxy) is 3. The molecule has 0 fully saturated rings. The van der Waals surface area contributed by atoms with E-state index in [9.17, 15) is 0 Å². The second-order valence-corrected chi connectivity index (χ2v) is 7.41. The summed E-state index contributed by atoms with van der Waals surface area (Å²) in [6.45, 7) is 7.73. The fourth-order valence-corrected chi connectivity index (χ4v) is 4.13. The number of guanidine groups is 1. The van der Waals surface area contributed by atoms with Gasteiger partial charge in [-0.25, -0.2) is 0 Å². The van der Waals surface area contributed by atoms with Crippen molar-refractivity contribution in [3.05, 3.63) is 40.1 Å². The second kappa shape index (κ2) is 14.4. The normalized spacial score (nSPS) is 12.2. The molecule has 1 heterocycles. The largest absolute Gasteiger partial charge is 0.493 e. The van der Waals surface area contributed by atoms with E-state index < -0.39 is 0 Å². The van der Waals surface area contributed by atoms with Crippen molar-refractivity contribution in [1.82, 2.24) is 15.5 Å². The van der Waals surface area contributed by atoms with Crippen LogP contribution in [0.5, 0.6) is 17.2 Å². The lowest BCUT2D eigenvalue weighted by Gasteiger charge is -2.30. The van der Waals surface area contributed by atoms with Crippen LogP contribution in [-0.4, -0.2) is 58.9 Å². The molecule has 0 aliphatic carbocycles. The van der Waals surface area contributed by atoms with Gasteiger partial charge in [0.25, 0.3) is 0 Å². The van der Waals surface area contributed by atoms with E-state index in [4.69, 9.17) is 14.2 Å². The number of aliphatic imine (C=N–C) groups is 1. The lowest BCUT2D eigenvalue weighted by Crippen LogP contribution is -2.42. The zero-order valence-electron chi connectivity index (χ0n) is 19.2. The Morgan fingerprint density at radius 3 is 2.16 bits per heavy atom. The number of likely N-dealkylation sites (N-methyl/N-ethyl adjacent to an activating group) is 1. The van der Waals surface area contributed by atoms with Gasteiger partial charge >= 0.3 is 0 Å². The maximum atomic E-state index is 5.44. The highest BCUT2D eigenvalue weighted by molar-refractivity contribution is 14.0. The summed E-state index contributed by atoms with van der Waals surface area (Å²) in [6, 6.07) is 6.37. The van der Waals surface area contributed by atoms with Crippen molar-refractivity contribution in [2.24, 2.45) is 4.99 Å². The zero-order valence-corrected chi connectivity index (χ0v) is 22.4. The lowest BCUT2D eigenvalue weighted by atomic mass is 10.1. The van der Waals surface area contributed by atoms with Gasteiger partial charge in [-0.05, 0) is 53.2 Å². The van der Waals surface area contributed by atoms with Crippen LogP contribution in [0.15, 0.2) is 34.0 Å². The third kappa shape index (κ3) is 7.43. The molecule has 0 saturated heterocycles. The van der Waals surface area contributed by atoms with Crippen LogP contribution in [0.25, 0.3) is 0 Å². The minimum Gasteiger partial charge on any atom is -0.493 e. The molecule has 0 saturated carbocycles. The minimum absolute atomic E-state index is 0. The van der Waals surface area contributed by atoms with Crippen LogP contribution in [0.1, 0.15) is 31.0 Å². The first-order valence-corrected chi connectivity index (χ1v) is 11.0. The molecule has 0 bridgehead atoms. The Morgan fingerprint density at radius 1 is 1.06 bits per heavy atom. The van der Waals surface area contributed by atoms with Crippen LogP contribution in [0.2, 0.25) is 0 Å². The monoisotopic (exact) mass is 562 g/mol. The highest BCUT2D eigenvalue weighted by Crippen LogP contribution is 2.38. The Hall–Kier alpha value is -1.72. The van der Waals surface area contributed by atoms with Crippen molar-refractivity contribution in [3.63, 3.8) is 0 Å². The van der Waals surface area contributed by atoms with Crippen LogP contribution in [0.4, 0.5) is 0 Å². The topological polar surface area (TPSA) is 67.4 Å². The molecule has 2 rings (SSSR count). The number of nitrogens with one attached hydrogen (secondary N) is 2. The van der Waals surface area contributed by atoms with E-state index in [0.29, 0.717) is 29.8 Å². The maximum absolute atomic E-state index is 5.44. The smallest absolute Gasteiger partial charge is 0.203 e. The molecular weight excluding hydrogens is 527 g/mol. The summed E-state index contributed by atoms with van der Waals surface area (Å²) in [5.41, 5.74) is 2.34. The molecule has 2 aromatic rings. The number of hydrogen-bond acceptors (Lipinski definition) is 6. The molecule has 2 N–H and O–H groups in total. The summed E-state index contributed by atoms with van der Waals surface area (Å²) in [6.07, 6.45) is 0. The molecular formula is C22H35IN4O3S. The average Bonchev–Trinajstić information content (AvgIpc) is 3.32. The highest BCUT2D eigenvalue weighted by Gasteiger charge is 2.19. The molecule has 31 heavy (non-hydrogen) atoms. The number of nitrogens with zero attached hydrogens (tertiary/aromatic N) is 2. The number of halogens is 1.